The first kappa shape index (κ1) is 29.9. The van der Waals surface area contributed by atoms with Crippen LogP contribution in [0.15, 0.2) is 79.5 Å². The number of rotatable bonds is 6. The zero-order chi connectivity index (χ0) is 26.7. The van der Waals surface area contributed by atoms with Gasteiger partial charge in [0.1, 0.15) is 0 Å². The van der Waals surface area contributed by atoms with Crippen molar-refractivity contribution in [1.82, 2.24) is 0 Å². The van der Waals surface area contributed by atoms with Gasteiger partial charge in [0.25, 0.3) is 0 Å². The first-order chi connectivity index (χ1) is 17.1. The molecule has 2 aromatic rings. The molecule has 2 aliphatic rings. The van der Waals surface area contributed by atoms with Gasteiger partial charge in [0.05, 0.1) is 0 Å². The molecule has 0 fully saturated rings. The fourth-order valence-corrected chi connectivity index (χ4v) is 10.0. The van der Waals surface area contributed by atoms with Crippen LogP contribution in [0.2, 0.25) is 0 Å². The normalized spacial score (nSPS) is 14.1. The minimum absolute atomic E-state index is 0.167. The summed E-state index contributed by atoms with van der Waals surface area (Å²) in [7, 11) is 3.40. The van der Waals surface area contributed by atoms with Gasteiger partial charge >= 0.3 is 175 Å². The van der Waals surface area contributed by atoms with Crippen molar-refractivity contribution in [3.05, 3.63) is 90.6 Å². The molecular formula is C31H40HfO4. The maximum absolute atomic E-state index is 8.06. The molecule has 0 atom stereocenters. The summed E-state index contributed by atoms with van der Waals surface area (Å²) in [5, 5.41) is 16.1. The second kappa shape index (κ2) is 15.0. The van der Waals surface area contributed by atoms with E-state index in [1.165, 1.54) is 22.3 Å². The molecule has 0 bridgehead atoms. The Morgan fingerprint density at radius 1 is 0.667 bits per heavy atom. The molecule has 0 amide bonds. The number of hydrogen-bond donors (Lipinski definition) is 2. The average molecular weight is 655 g/mol. The second-order valence-corrected chi connectivity index (χ2v) is 17.2. The summed E-state index contributed by atoms with van der Waals surface area (Å²) in [6, 6.07) is 16.6. The van der Waals surface area contributed by atoms with Crippen LogP contribution in [-0.4, -0.2) is 40.9 Å². The Morgan fingerprint density at radius 2 is 0.972 bits per heavy atom. The van der Waals surface area contributed by atoms with Crippen LogP contribution in [0.4, 0.5) is 0 Å². The zero-order valence-electron chi connectivity index (χ0n) is 22.4. The van der Waals surface area contributed by atoms with Crippen molar-refractivity contribution < 1.29 is 40.6 Å². The van der Waals surface area contributed by atoms with Gasteiger partial charge in [-0.05, 0) is 27.7 Å². The van der Waals surface area contributed by atoms with Crippen LogP contribution in [0.3, 0.4) is 0 Å². The molecule has 0 saturated carbocycles. The Bertz CT molecular complexity index is 1020. The van der Waals surface area contributed by atoms with E-state index in [1.54, 1.807) is 48.6 Å². The summed E-state index contributed by atoms with van der Waals surface area (Å²) >= 11 is -2.17. The van der Waals surface area contributed by atoms with Gasteiger partial charge in [-0.2, -0.15) is 0 Å². The van der Waals surface area contributed by atoms with Crippen molar-refractivity contribution in [2.24, 2.45) is 0 Å². The standard InChI is InChI=1S/2C12H11O.2C3H8O.CH2.Hf/c2*1-13-12-8-6-11(7-9-12)10-4-2-3-5-10;2*1-3(2)4;;/h2*4-9H,2H2,1H3;2*3-4H,1-2H3;1H2;. The quantitative estimate of drug-likeness (QED) is 0.346. The average Bonchev–Trinajstić information content (AvgIpc) is 3.54. The van der Waals surface area contributed by atoms with Crippen LogP contribution in [0.25, 0.3) is 11.1 Å². The fourth-order valence-electron chi connectivity index (χ4n) is 3.65. The Balaban J connectivity index is 0.000000501. The van der Waals surface area contributed by atoms with Crippen LogP contribution in [-0.2, 0) is 21.0 Å². The van der Waals surface area contributed by atoms with Crippen LogP contribution in [0.5, 0.6) is 11.5 Å². The molecule has 0 heterocycles. The summed E-state index contributed by atoms with van der Waals surface area (Å²) in [5.41, 5.74) is 5.16. The molecule has 36 heavy (non-hydrogen) atoms. The minimum atomic E-state index is -2.17. The molecule has 5 heteroatoms. The van der Waals surface area contributed by atoms with Gasteiger partial charge in [0.15, 0.2) is 0 Å². The van der Waals surface area contributed by atoms with Gasteiger partial charge in [0.2, 0.25) is 0 Å². The van der Waals surface area contributed by atoms with E-state index in [2.05, 4.69) is 52.8 Å². The molecule has 0 radical (unpaired) electrons. The van der Waals surface area contributed by atoms with E-state index in [9.17, 15) is 0 Å². The summed E-state index contributed by atoms with van der Waals surface area (Å²) in [6.45, 7) is 6.89. The molecule has 0 aliphatic heterocycles. The Labute approximate surface area is 224 Å². The Kier molecular flexibility index (Phi) is 12.5. The topological polar surface area (TPSA) is 58.9 Å². The Hall–Kier alpha value is -2.34. The van der Waals surface area contributed by atoms with Crippen molar-refractivity contribution in [1.29, 1.82) is 0 Å². The van der Waals surface area contributed by atoms with E-state index < -0.39 is 21.0 Å². The number of allylic oxidation sites excluding steroid dienone is 8. The van der Waals surface area contributed by atoms with Crippen LogP contribution >= 0.6 is 0 Å². The molecule has 2 aromatic carbocycles. The first-order valence-corrected chi connectivity index (χ1v) is 18.4. The molecule has 2 N–H and O–H groups in total. The Morgan fingerprint density at radius 3 is 1.25 bits per heavy atom. The third kappa shape index (κ3) is 9.61. The van der Waals surface area contributed by atoms with E-state index in [1.807, 2.05) is 24.3 Å². The summed E-state index contributed by atoms with van der Waals surface area (Å²) < 4.78 is 18.4. The van der Waals surface area contributed by atoms with Gasteiger partial charge in [-0.3, -0.25) is 0 Å². The molecule has 192 valence electrons. The predicted octanol–water partition coefficient (Wildman–Crippen LogP) is 6.57. The molecule has 0 saturated heterocycles. The van der Waals surface area contributed by atoms with Gasteiger partial charge in [-0.25, -0.2) is 0 Å². The van der Waals surface area contributed by atoms with Gasteiger partial charge in [-0.15, -0.1) is 0 Å². The fraction of sp³-hybridized carbons (Fsp3) is 0.323. The predicted molar refractivity (Wildman–Crippen MR) is 149 cm³/mol. The maximum atomic E-state index is 8.06. The number of aliphatic hydroxyl groups excluding tert-OH is 2. The van der Waals surface area contributed by atoms with Gasteiger partial charge in [0, 0.05) is 12.2 Å². The monoisotopic (exact) mass is 656 g/mol. The third-order valence-corrected chi connectivity index (χ3v) is 13.4. The summed E-state index contributed by atoms with van der Waals surface area (Å²) in [6.07, 6.45) is 11.3. The van der Waals surface area contributed by atoms with Gasteiger partial charge < -0.3 is 10.2 Å². The number of aliphatic hydroxyl groups is 2. The number of methoxy groups -OCH3 is 2. The molecule has 4 nitrogen and oxygen atoms in total. The van der Waals surface area contributed by atoms with Crippen LogP contribution in [0.1, 0.15) is 51.7 Å². The SMILES string of the molecule is CC(C)O.CC(C)O.[CH2]=[Hf]([C]1=CC(c2ccc(OC)cc2)=CC1)[C]1=CC(c2ccc(OC)cc2)=CC1. The number of ether oxygens (including phenoxy) is 2. The van der Waals surface area contributed by atoms with Crippen LogP contribution < -0.4 is 9.47 Å². The molecule has 0 unspecified atom stereocenters. The molecular weight excluding hydrogens is 615 g/mol. The first-order valence-electron chi connectivity index (χ1n) is 12.3. The summed E-state index contributed by atoms with van der Waals surface area (Å²) in [5.74, 6) is 1.79. The summed E-state index contributed by atoms with van der Waals surface area (Å²) in [4.78, 5) is 0. The van der Waals surface area contributed by atoms with Crippen molar-refractivity contribution in [3.63, 3.8) is 0 Å². The van der Waals surface area contributed by atoms with Crippen molar-refractivity contribution in [3.8, 4) is 11.5 Å². The third-order valence-electron chi connectivity index (χ3n) is 5.37. The molecule has 0 spiro atoms. The number of hydrogen-bond acceptors (Lipinski definition) is 4. The van der Waals surface area contributed by atoms with E-state index in [0.717, 1.165) is 24.3 Å². The van der Waals surface area contributed by atoms with Crippen molar-refractivity contribution in [2.45, 2.75) is 52.7 Å². The number of benzene rings is 2. The molecule has 0 aromatic heterocycles. The van der Waals surface area contributed by atoms with E-state index in [-0.39, 0.29) is 12.2 Å². The van der Waals surface area contributed by atoms with E-state index in [4.69, 9.17) is 19.7 Å². The second-order valence-electron chi connectivity index (χ2n) is 9.19. The van der Waals surface area contributed by atoms with E-state index in [0.29, 0.717) is 0 Å². The molecule has 2 aliphatic carbocycles. The van der Waals surface area contributed by atoms with Gasteiger partial charge in [-0.1, -0.05) is 0 Å². The van der Waals surface area contributed by atoms with Crippen LogP contribution in [0, 0.1) is 0 Å². The van der Waals surface area contributed by atoms with Crippen molar-refractivity contribution in [2.75, 3.05) is 14.2 Å². The zero-order valence-corrected chi connectivity index (χ0v) is 26.0. The van der Waals surface area contributed by atoms with Crippen molar-refractivity contribution >= 4 is 15.4 Å². The van der Waals surface area contributed by atoms with E-state index >= 15 is 0 Å². The molecule has 4 rings (SSSR count).